The molecule has 0 fully saturated rings. The fourth-order valence-corrected chi connectivity index (χ4v) is 2.76. The topological polar surface area (TPSA) is 113 Å². The second-order valence-corrected chi connectivity index (χ2v) is 6.89. The van der Waals surface area contributed by atoms with Crippen LogP contribution in [-0.2, 0) is 6.54 Å². The van der Waals surface area contributed by atoms with Gasteiger partial charge in [0.15, 0.2) is 5.65 Å². The molecule has 5 N–H and O–H groups in total. The number of nitrogens with two attached hydrogens (primary N) is 1. The molecule has 144 valence electrons. The van der Waals surface area contributed by atoms with Crippen molar-refractivity contribution in [3.05, 3.63) is 41.6 Å². The molecule has 2 aromatic heterocycles. The smallest absolute Gasteiger partial charge is 0.229 e. The quantitative estimate of drug-likeness (QED) is 0.451. The summed E-state index contributed by atoms with van der Waals surface area (Å²) in [4.78, 5) is 9.20. The molecule has 0 radical (unpaired) electrons. The summed E-state index contributed by atoms with van der Waals surface area (Å²) in [6, 6.07) is 7.60. The number of aromatic nitrogens is 4. The lowest BCUT2D eigenvalue weighted by atomic mass is 10.1. The number of hydrogen-bond donors (Lipinski definition) is 4. The van der Waals surface area contributed by atoms with E-state index < -0.39 is 0 Å². The highest BCUT2D eigenvalue weighted by Gasteiger charge is 2.16. The van der Waals surface area contributed by atoms with Crippen LogP contribution in [0.15, 0.2) is 30.5 Å². The van der Waals surface area contributed by atoms with Gasteiger partial charge in [-0.3, -0.25) is 0 Å². The van der Waals surface area contributed by atoms with Gasteiger partial charge in [-0.15, -0.1) is 0 Å². The summed E-state index contributed by atoms with van der Waals surface area (Å²) >= 11 is 0. The first-order valence-corrected chi connectivity index (χ1v) is 9.23. The van der Waals surface area contributed by atoms with Crippen molar-refractivity contribution >= 4 is 23.2 Å². The summed E-state index contributed by atoms with van der Waals surface area (Å²) in [6.45, 7) is 6.83. The van der Waals surface area contributed by atoms with Crippen LogP contribution in [0.2, 0.25) is 0 Å². The van der Waals surface area contributed by atoms with Crippen LogP contribution in [0.1, 0.15) is 44.2 Å². The molecule has 3 aromatic rings. The zero-order valence-electron chi connectivity index (χ0n) is 16.0. The highest BCUT2D eigenvalue weighted by Crippen LogP contribution is 2.22. The number of benzene rings is 1. The average molecular weight is 369 g/mol. The third kappa shape index (κ3) is 4.28. The van der Waals surface area contributed by atoms with Crippen LogP contribution < -0.4 is 16.4 Å². The molecule has 0 bridgehead atoms. The van der Waals surface area contributed by atoms with Crippen LogP contribution in [0.25, 0.3) is 5.65 Å². The fourth-order valence-electron chi connectivity index (χ4n) is 2.76. The summed E-state index contributed by atoms with van der Waals surface area (Å²) in [6.07, 6.45) is 2.60. The Balaban J connectivity index is 1.94. The lowest BCUT2D eigenvalue weighted by Crippen LogP contribution is -2.24. The van der Waals surface area contributed by atoms with Crippen LogP contribution in [-0.4, -0.2) is 37.3 Å². The molecule has 0 aliphatic heterocycles. The molecule has 0 aliphatic carbocycles. The van der Waals surface area contributed by atoms with Gasteiger partial charge in [-0.2, -0.15) is 19.6 Å². The van der Waals surface area contributed by atoms with E-state index in [0.717, 1.165) is 28.9 Å². The van der Waals surface area contributed by atoms with Crippen molar-refractivity contribution in [2.24, 2.45) is 0 Å². The SMILES string of the molecule is CC[C@@H](CO)Nc1nc(NCc2ccc(N)cc2)n2ncc(C(C)C)c2n1. The van der Waals surface area contributed by atoms with Crippen molar-refractivity contribution in [2.45, 2.75) is 45.7 Å². The highest BCUT2D eigenvalue weighted by atomic mass is 16.3. The first kappa shape index (κ1) is 18.9. The minimum atomic E-state index is -0.0946. The van der Waals surface area contributed by atoms with Gasteiger partial charge in [0.25, 0.3) is 0 Å². The predicted octanol–water partition coefficient (Wildman–Crippen LogP) is 2.62. The maximum absolute atomic E-state index is 9.49. The van der Waals surface area contributed by atoms with Crippen molar-refractivity contribution in [3.63, 3.8) is 0 Å². The Bertz CT molecular complexity index is 885. The average Bonchev–Trinajstić information content (AvgIpc) is 3.09. The molecule has 2 heterocycles. The molecule has 0 unspecified atom stereocenters. The van der Waals surface area contributed by atoms with Gasteiger partial charge in [0.1, 0.15) is 0 Å². The second-order valence-electron chi connectivity index (χ2n) is 6.89. The van der Waals surface area contributed by atoms with Gasteiger partial charge < -0.3 is 21.5 Å². The third-order valence-corrected chi connectivity index (χ3v) is 4.49. The van der Waals surface area contributed by atoms with Gasteiger partial charge in [-0.25, -0.2) is 0 Å². The lowest BCUT2D eigenvalue weighted by Gasteiger charge is -2.16. The summed E-state index contributed by atoms with van der Waals surface area (Å²) in [5.41, 5.74) is 9.38. The van der Waals surface area contributed by atoms with Crippen molar-refractivity contribution in [1.29, 1.82) is 0 Å². The Morgan fingerprint density at radius 2 is 1.93 bits per heavy atom. The largest absolute Gasteiger partial charge is 0.399 e. The number of nitrogens with zero attached hydrogens (tertiary/aromatic N) is 4. The number of nitrogens with one attached hydrogen (secondary N) is 2. The standard InChI is InChI=1S/C19H27N7O/c1-4-15(11-27)23-18-24-17-16(12(2)3)10-22-26(17)19(25-18)21-9-13-5-7-14(20)8-6-13/h5-8,10,12,15,27H,4,9,11,20H2,1-3H3,(H2,21,23,24,25)/t15-/m0/s1. The first-order chi connectivity index (χ1) is 13.0. The zero-order chi connectivity index (χ0) is 19.4. The van der Waals surface area contributed by atoms with Crippen molar-refractivity contribution in [2.75, 3.05) is 23.0 Å². The molecule has 0 saturated carbocycles. The minimum absolute atomic E-state index is 0.0234. The van der Waals surface area contributed by atoms with E-state index in [0.29, 0.717) is 18.4 Å². The van der Waals surface area contributed by atoms with Crippen LogP contribution in [0.5, 0.6) is 0 Å². The van der Waals surface area contributed by atoms with Gasteiger partial charge in [0, 0.05) is 17.8 Å². The first-order valence-electron chi connectivity index (χ1n) is 9.23. The number of rotatable bonds is 8. The molecule has 3 rings (SSSR count). The molecule has 27 heavy (non-hydrogen) atoms. The Kier molecular flexibility index (Phi) is 5.75. The zero-order valence-corrected chi connectivity index (χ0v) is 16.0. The van der Waals surface area contributed by atoms with Crippen molar-refractivity contribution in [1.82, 2.24) is 19.6 Å². The lowest BCUT2D eigenvalue weighted by molar-refractivity contribution is 0.271. The van der Waals surface area contributed by atoms with E-state index in [9.17, 15) is 5.11 Å². The van der Waals surface area contributed by atoms with E-state index in [2.05, 4.69) is 39.5 Å². The van der Waals surface area contributed by atoms with Crippen molar-refractivity contribution in [3.8, 4) is 0 Å². The molecule has 1 atom stereocenters. The maximum atomic E-state index is 9.49. The summed E-state index contributed by atoms with van der Waals surface area (Å²) in [5, 5.41) is 20.5. The molecule has 0 saturated heterocycles. The monoisotopic (exact) mass is 369 g/mol. The molecule has 8 heteroatoms. The third-order valence-electron chi connectivity index (χ3n) is 4.49. The Morgan fingerprint density at radius 3 is 2.56 bits per heavy atom. The predicted molar refractivity (Wildman–Crippen MR) is 108 cm³/mol. The second kappa shape index (κ2) is 8.22. The molecule has 0 spiro atoms. The normalized spacial score (nSPS) is 12.5. The van der Waals surface area contributed by atoms with Gasteiger partial charge in [-0.05, 0) is 30.0 Å². The number of fused-ring (bicyclic) bond motifs is 1. The summed E-state index contributed by atoms with van der Waals surface area (Å²) in [7, 11) is 0. The number of nitrogen functional groups attached to an aromatic ring is 1. The van der Waals surface area contributed by atoms with Gasteiger partial charge >= 0.3 is 0 Å². The van der Waals surface area contributed by atoms with Crippen molar-refractivity contribution < 1.29 is 5.11 Å². The Hall–Kier alpha value is -2.87. The summed E-state index contributed by atoms with van der Waals surface area (Å²) in [5.74, 6) is 1.36. The highest BCUT2D eigenvalue weighted by molar-refractivity contribution is 5.56. The van der Waals surface area contributed by atoms with Crippen LogP contribution in [0.3, 0.4) is 0 Å². The molecule has 0 aliphatic rings. The van der Waals surface area contributed by atoms with E-state index in [1.165, 1.54) is 0 Å². The molecule has 1 aromatic carbocycles. The number of aliphatic hydroxyl groups is 1. The summed E-state index contributed by atoms with van der Waals surface area (Å²) < 4.78 is 1.72. The number of anilines is 3. The fraction of sp³-hybridized carbons (Fsp3) is 0.421. The van der Waals surface area contributed by atoms with Gasteiger partial charge in [-0.1, -0.05) is 32.9 Å². The van der Waals surface area contributed by atoms with E-state index in [1.54, 1.807) is 4.52 Å². The van der Waals surface area contributed by atoms with Crippen LogP contribution in [0.4, 0.5) is 17.6 Å². The van der Waals surface area contributed by atoms with Crippen LogP contribution in [0, 0.1) is 0 Å². The van der Waals surface area contributed by atoms with Crippen LogP contribution >= 0.6 is 0 Å². The van der Waals surface area contributed by atoms with E-state index in [-0.39, 0.29) is 18.6 Å². The number of hydrogen-bond acceptors (Lipinski definition) is 7. The minimum Gasteiger partial charge on any atom is -0.399 e. The maximum Gasteiger partial charge on any atom is 0.229 e. The Labute approximate surface area is 158 Å². The van der Waals surface area contributed by atoms with Gasteiger partial charge in [0.2, 0.25) is 11.9 Å². The van der Waals surface area contributed by atoms with E-state index in [4.69, 9.17) is 5.73 Å². The van der Waals surface area contributed by atoms with Gasteiger partial charge in [0.05, 0.1) is 18.8 Å². The van der Waals surface area contributed by atoms with E-state index in [1.807, 2.05) is 37.4 Å². The molecular formula is C19H27N7O. The number of aliphatic hydroxyl groups excluding tert-OH is 1. The molecule has 0 amide bonds. The molecule has 8 nitrogen and oxygen atoms in total. The van der Waals surface area contributed by atoms with E-state index >= 15 is 0 Å². The Morgan fingerprint density at radius 1 is 1.19 bits per heavy atom. The molecular weight excluding hydrogens is 342 g/mol.